The minimum absolute atomic E-state index is 0.210. The van der Waals surface area contributed by atoms with Gasteiger partial charge in [0.15, 0.2) is 5.78 Å². The van der Waals surface area contributed by atoms with Gasteiger partial charge in [0.2, 0.25) is 0 Å². The molecule has 2 aromatic rings. The molecule has 0 saturated heterocycles. The van der Waals surface area contributed by atoms with Crippen LogP contribution in [0.5, 0.6) is 0 Å². The van der Waals surface area contributed by atoms with Gasteiger partial charge in [0, 0.05) is 34.4 Å². The summed E-state index contributed by atoms with van der Waals surface area (Å²) < 4.78 is 1.00. The van der Waals surface area contributed by atoms with E-state index in [1.54, 1.807) is 11.3 Å². The number of thiophene rings is 1. The van der Waals surface area contributed by atoms with E-state index in [1.165, 1.54) is 4.88 Å². The Morgan fingerprint density at radius 1 is 1.25 bits per heavy atom. The molecule has 0 aliphatic carbocycles. The summed E-state index contributed by atoms with van der Waals surface area (Å²) in [7, 11) is 0. The monoisotopic (exact) mass is 351 g/mol. The Labute approximate surface area is 132 Å². The average Bonchev–Trinajstić information content (AvgIpc) is 2.96. The van der Waals surface area contributed by atoms with Crippen LogP contribution in [0, 0.1) is 0 Å². The molecule has 0 unspecified atom stereocenters. The molecular formula is C16H18BrNOS. The van der Waals surface area contributed by atoms with Gasteiger partial charge >= 0.3 is 0 Å². The SMILES string of the molecule is CCN(CCC(=O)c1ccc(Br)cc1)Cc1cccs1. The van der Waals surface area contributed by atoms with Gasteiger partial charge in [-0.2, -0.15) is 0 Å². The van der Waals surface area contributed by atoms with Gasteiger partial charge in [0.05, 0.1) is 0 Å². The van der Waals surface area contributed by atoms with Crippen LogP contribution in [0.4, 0.5) is 0 Å². The lowest BCUT2D eigenvalue weighted by Gasteiger charge is -2.19. The maximum absolute atomic E-state index is 12.1. The van der Waals surface area contributed by atoms with Gasteiger partial charge in [0.1, 0.15) is 0 Å². The Morgan fingerprint density at radius 3 is 2.60 bits per heavy atom. The number of hydrogen-bond donors (Lipinski definition) is 0. The molecule has 2 rings (SSSR count). The average molecular weight is 352 g/mol. The second-order valence-corrected chi connectivity index (χ2v) is 6.58. The molecule has 0 bridgehead atoms. The molecule has 20 heavy (non-hydrogen) atoms. The van der Waals surface area contributed by atoms with Crippen molar-refractivity contribution in [2.75, 3.05) is 13.1 Å². The zero-order valence-corrected chi connectivity index (χ0v) is 13.9. The van der Waals surface area contributed by atoms with Crippen molar-refractivity contribution in [3.63, 3.8) is 0 Å². The molecule has 1 heterocycles. The summed E-state index contributed by atoms with van der Waals surface area (Å²) in [5, 5.41) is 2.09. The topological polar surface area (TPSA) is 20.3 Å². The van der Waals surface area contributed by atoms with Crippen LogP contribution in [0.25, 0.3) is 0 Å². The lowest BCUT2D eigenvalue weighted by molar-refractivity contribution is 0.0964. The van der Waals surface area contributed by atoms with Crippen molar-refractivity contribution in [1.29, 1.82) is 0 Å². The molecule has 1 aromatic carbocycles. The lowest BCUT2D eigenvalue weighted by atomic mass is 10.1. The predicted octanol–water partition coefficient (Wildman–Crippen LogP) is 4.61. The first-order chi connectivity index (χ1) is 9.69. The number of ketones is 1. The van der Waals surface area contributed by atoms with Crippen molar-refractivity contribution in [2.45, 2.75) is 19.9 Å². The van der Waals surface area contributed by atoms with Crippen LogP contribution in [-0.2, 0) is 6.54 Å². The number of rotatable bonds is 7. The number of carbonyl (C=O) groups excluding carboxylic acids is 1. The summed E-state index contributed by atoms with van der Waals surface area (Å²) in [5.41, 5.74) is 0.792. The normalized spacial score (nSPS) is 10.9. The number of benzene rings is 1. The third kappa shape index (κ3) is 4.54. The zero-order valence-electron chi connectivity index (χ0n) is 11.5. The van der Waals surface area contributed by atoms with Crippen molar-refractivity contribution >= 4 is 33.0 Å². The molecule has 0 radical (unpaired) electrons. The first kappa shape index (κ1) is 15.4. The molecule has 106 valence electrons. The molecule has 2 nitrogen and oxygen atoms in total. The van der Waals surface area contributed by atoms with E-state index in [0.29, 0.717) is 6.42 Å². The lowest BCUT2D eigenvalue weighted by Crippen LogP contribution is -2.25. The minimum atomic E-state index is 0.210. The van der Waals surface area contributed by atoms with E-state index in [-0.39, 0.29) is 5.78 Å². The maximum Gasteiger partial charge on any atom is 0.164 e. The van der Waals surface area contributed by atoms with E-state index in [0.717, 1.165) is 29.7 Å². The Balaban J connectivity index is 1.86. The Hall–Kier alpha value is -0.970. The van der Waals surface area contributed by atoms with Gasteiger partial charge in [-0.15, -0.1) is 11.3 Å². The number of Topliss-reactive ketones (excluding diaryl/α,β-unsaturated/α-hetero) is 1. The number of nitrogens with zero attached hydrogens (tertiary/aromatic N) is 1. The van der Waals surface area contributed by atoms with Crippen molar-refractivity contribution in [3.05, 3.63) is 56.7 Å². The van der Waals surface area contributed by atoms with Crippen molar-refractivity contribution in [3.8, 4) is 0 Å². The van der Waals surface area contributed by atoms with Crippen LogP contribution in [0.2, 0.25) is 0 Å². The van der Waals surface area contributed by atoms with E-state index in [1.807, 2.05) is 24.3 Å². The van der Waals surface area contributed by atoms with Gasteiger partial charge in [-0.3, -0.25) is 9.69 Å². The molecule has 0 atom stereocenters. The molecule has 1 aromatic heterocycles. The first-order valence-corrected chi connectivity index (χ1v) is 8.40. The maximum atomic E-state index is 12.1. The molecule has 0 spiro atoms. The summed E-state index contributed by atoms with van der Waals surface area (Å²) in [5.74, 6) is 0.210. The van der Waals surface area contributed by atoms with Crippen molar-refractivity contribution in [2.24, 2.45) is 0 Å². The molecule has 0 aliphatic rings. The Morgan fingerprint density at radius 2 is 2.00 bits per heavy atom. The van der Waals surface area contributed by atoms with E-state index in [4.69, 9.17) is 0 Å². The number of hydrogen-bond acceptors (Lipinski definition) is 3. The Kier molecular flexibility index (Phi) is 5.95. The second-order valence-electron chi connectivity index (χ2n) is 4.63. The van der Waals surface area contributed by atoms with Crippen molar-refractivity contribution in [1.82, 2.24) is 4.90 Å². The standard InChI is InChI=1S/C16H18BrNOS/c1-2-18(12-15-4-3-11-20-15)10-9-16(19)13-5-7-14(17)8-6-13/h3-8,11H,2,9-10,12H2,1H3. The largest absolute Gasteiger partial charge is 0.298 e. The highest BCUT2D eigenvalue weighted by Gasteiger charge is 2.10. The minimum Gasteiger partial charge on any atom is -0.298 e. The molecule has 0 N–H and O–H groups in total. The van der Waals surface area contributed by atoms with Gasteiger partial charge in [-0.05, 0) is 30.1 Å². The molecular weight excluding hydrogens is 334 g/mol. The smallest absolute Gasteiger partial charge is 0.164 e. The van der Waals surface area contributed by atoms with Gasteiger partial charge in [-0.25, -0.2) is 0 Å². The van der Waals surface area contributed by atoms with Crippen LogP contribution in [0.3, 0.4) is 0 Å². The van der Waals surface area contributed by atoms with Crippen molar-refractivity contribution < 1.29 is 4.79 Å². The van der Waals surface area contributed by atoms with Gasteiger partial charge < -0.3 is 0 Å². The summed E-state index contributed by atoms with van der Waals surface area (Å²) >= 11 is 5.15. The highest BCUT2D eigenvalue weighted by atomic mass is 79.9. The molecule has 0 saturated carbocycles. The molecule has 0 amide bonds. The molecule has 0 aliphatic heterocycles. The van der Waals surface area contributed by atoms with Crippen LogP contribution in [-0.4, -0.2) is 23.8 Å². The summed E-state index contributed by atoms with van der Waals surface area (Å²) in [6.45, 7) is 4.84. The van der Waals surface area contributed by atoms with E-state index in [9.17, 15) is 4.79 Å². The zero-order chi connectivity index (χ0) is 14.4. The fourth-order valence-corrected chi connectivity index (χ4v) is 3.02. The Bertz CT molecular complexity index is 536. The fraction of sp³-hybridized carbons (Fsp3) is 0.312. The van der Waals surface area contributed by atoms with E-state index in [2.05, 4.69) is 45.3 Å². The number of carbonyl (C=O) groups is 1. The summed E-state index contributed by atoms with van der Waals surface area (Å²) in [4.78, 5) is 15.8. The van der Waals surface area contributed by atoms with Crippen LogP contribution >= 0.6 is 27.3 Å². The highest BCUT2D eigenvalue weighted by molar-refractivity contribution is 9.10. The van der Waals surface area contributed by atoms with Gasteiger partial charge in [0.25, 0.3) is 0 Å². The van der Waals surface area contributed by atoms with Crippen LogP contribution in [0.15, 0.2) is 46.3 Å². The third-order valence-corrected chi connectivity index (χ3v) is 4.62. The van der Waals surface area contributed by atoms with Gasteiger partial charge in [-0.1, -0.05) is 41.1 Å². The molecule has 4 heteroatoms. The summed E-state index contributed by atoms with van der Waals surface area (Å²) in [6, 6.07) is 11.8. The number of halogens is 1. The third-order valence-electron chi connectivity index (χ3n) is 3.23. The fourth-order valence-electron chi connectivity index (χ4n) is 2.01. The van der Waals surface area contributed by atoms with Crippen LogP contribution in [0.1, 0.15) is 28.6 Å². The highest BCUT2D eigenvalue weighted by Crippen LogP contribution is 2.14. The summed E-state index contributed by atoms with van der Waals surface area (Å²) in [6.07, 6.45) is 0.570. The second kappa shape index (κ2) is 7.72. The molecule has 0 fully saturated rings. The predicted molar refractivity (Wildman–Crippen MR) is 88.4 cm³/mol. The quantitative estimate of drug-likeness (QED) is 0.679. The van der Waals surface area contributed by atoms with Crippen LogP contribution < -0.4 is 0 Å². The van der Waals surface area contributed by atoms with E-state index >= 15 is 0 Å². The van der Waals surface area contributed by atoms with E-state index < -0.39 is 0 Å². The first-order valence-electron chi connectivity index (χ1n) is 6.72.